The first-order valence-corrected chi connectivity index (χ1v) is 7.23. The normalized spacial score (nSPS) is 23.3. The second kappa shape index (κ2) is 4.60. The molecule has 1 unspecified atom stereocenters. The van der Waals surface area contributed by atoms with Crippen molar-refractivity contribution < 1.29 is 4.79 Å². The summed E-state index contributed by atoms with van der Waals surface area (Å²) in [4.78, 5) is 12.7. The van der Waals surface area contributed by atoms with Crippen LogP contribution in [-0.4, -0.2) is 10.9 Å². The molecule has 0 spiro atoms. The molecule has 1 aromatic carbocycles. The minimum absolute atomic E-state index is 0.0155. The number of amides is 1. The number of thiocarbonyl (C=S) groups is 1. The van der Waals surface area contributed by atoms with Gasteiger partial charge in [0, 0.05) is 0 Å². The van der Waals surface area contributed by atoms with Crippen molar-refractivity contribution >= 4 is 23.1 Å². The Kier molecular flexibility index (Phi) is 3.05. The van der Waals surface area contributed by atoms with Crippen LogP contribution >= 0.6 is 12.2 Å². The summed E-state index contributed by atoms with van der Waals surface area (Å²) in [6.45, 7) is 0. The fourth-order valence-electron chi connectivity index (χ4n) is 2.91. The second-order valence-corrected chi connectivity index (χ2v) is 6.00. The van der Waals surface area contributed by atoms with Crippen LogP contribution in [0.5, 0.6) is 0 Å². The van der Waals surface area contributed by atoms with Gasteiger partial charge in [-0.3, -0.25) is 4.79 Å². The first-order chi connectivity index (χ1) is 9.13. The average Bonchev–Trinajstić information content (AvgIpc) is 3.20. The zero-order valence-electron chi connectivity index (χ0n) is 10.8. The third-order valence-electron chi connectivity index (χ3n) is 4.33. The Morgan fingerprint density at radius 1 is 1.37 bits per heavy atom. The van der Waals surface area contributed by atoms with E-state index < -0.39 is 5.41 Å². The van der Waals surface area contributed by atoms with Gasteiger partial charge in [0.15, 0.2) is 0 Å². The smallest absolute Gasteiger partial charge is 0.233 e. The predicted octanol–water partition coefficient (Wildman–Crippen LogP) is 2.25. The molecule has 1 saturated carbocycles. The van der Waals surface area contributed by atoms with Crippen LogP contribution in [0.3, 0.4) is 0 Å². The largest absolute Gasteiger partial charge is 0.392 e. The zero-order valence-corrected chi connectivity index (χ0v) is 11.6. The van der Waals surface area contributed by atoms with Crippen LogP contribution in [0.4, 0.5) is 0 Å². The van der Waals surface area contributed by atoms with Crippen molar-refractivity contribution in [2.75, 3.05) is 0 Å². The van der Waals surface area contributed by atoms with Crippen LogP contribution in [0.2, 0.25) is 0 Å². The van der Waals surface area contributed by atoms with Crippen molar-refractivity contribution in [2.45, 2.75) is 38.1 Å². The highest BCUT2D eigenvalue weighted by Crippen LogP contribution is 2.47. The third-order valence-corrected chi connectivity index (χ3v) is 4.72. The van der Waals surface area contributed by atoms with Crippen LogP contribution in [0, 0.1) is 5.41 Å². The molecule has 1 fully saturated rings. The van der Waals surface area contributed by atoms with Gasteiger partial charge in [0.05, 0.1) is 16.4 Å². The molecule has 1 aromatic rings. The number of hydrogen-bond acceptors (Lipinski definition) is 2. The minimum atomic E-state index is -0.554. The molecule has 1 atom stereocenters. The number of rotatable bonds is 3. The standard InChI is InChI=1S/C15H18N2OS/c16-13(19)15(8-9-15)14(18)17-12-7-3-5-10-4-1-2-6-11(10)12/h1-2,4,6,12H,3,5,7-9H2,(H2,16,19)(H,17,18). The quantitative estimate of drug-likeness (QED) is 0.831. The highest BCUT2D eigenvalue weighted by molar-refractivity contribution is 7.80. The molecule has 3 N–H and O–H groups in total. The lowest BCUT2D eigenvalue weighted by Gasteiger charge is -2.28. The molecule has 2 aliphatic rings. The van der Waals surface area contributed by atoms with Crippen molar-refractivity contribution in [3.8, 4) is 0 Å². The molecule has 0 aromatic heterocycles. The van der Waals surface area contributed by atoms with E-state index in [4.69, 9.17) is 18.0 Å². The van der Waals surface area contributed by atoms with Crippen molar-refractivity contribution in [1.29, 1.82) is 0 Å². The number of benzene rings is 1. The molecule has 0 heterocycles. The summed E-state index contributed by atoms with van der Waals surface area (Å²) < 4.78 is 0. The third kappa shape index (κ3) is 2.14. The molecule has 3 rings (SSSR count). The number of fused-ring (bicyclic) bond motifs is 1. The Bertz CT molecular complexity index is 537. The van der Waals surface area contributed by atoms with E-state index in [9.17, 15) is 4.79 Å². The SMILES string of the molecule is NC(=S)C1(C(=O)NC2CCCc3ccccc32)CC1. The molecule has 0 bridgehead atoms. The molecule has 4 heteroatoms. The minimum Gasteiger partial charge on any atom is -0.392 e. The Morgan fingerprint density at radius 2 is 2.11 bits per heavy atom. The Morgan fingerprint density at radius 3 is 2.79 bits per heavy atom. The number of aryl methyl sites for hydroxylation is 1. The highest BCUT2D eigenvalue weighted by atomic mass is 32.1. The molecule has 100 valence electrons. The molecule has 0 radical (unpaired) electrons. The number of nitrogens with two attached hydrogens (primary N) is 1. The number of hydrogen-bond donors (Lipinski definition) is 2. The Hall–Kier alpha value is -1.42. The number of nitrogens with one attached hydrogen (secondary N) is 1. The average molecular weight is 274 g/mol. The van der Waals surface area contributed by atoms with E-state index in [2.05, 4.69) is 23.5 Å². The lowest BCUT2D eigenvalue weighted by atomic mass is 9.87. The summed E-state index contributed by atoms with van der Waals surface area (Å²) in [5.74, 6) is 0.0155. The van der Waals surface area contributed by atoms with Crippen LogP contribution in [0.25, 0.3) is 0 Å². The van der Waals surface area contributed by atoms with E-state index in [1.165, 1.54) is 11.1 Å². The van der Waals surface area contributed by atoms with E-state index in [0.717, 1.165) is 32.1 Å². The maximum Gasteiger partial charge on any atom is 0.233 e. The van der Waals surface area contributed by atoms with E-state index in [-0.39, 0.29) is 11.9 Å². The maximum absolute atomic E-state index is 12.4. The molecule has 1 amide bonds. The van der Waals surface area contributed by atoms with E-state index in [0.29, 0.717) is 4.99 Å². The highest BCUT2D eigenvalue weighted by Gasteiger charge is 2.53. The van der Waals surface area contributed by atoms with Crippen LogP contribution < -0.4 is 11.1 Å². The van der Waals surface area contributed by atoms with Gasteiger partial charge >= 0.3 is 0 Å². The molecular formula is C15H18N2OS. The second-order valence-electron chi connectivity index (χ2n) is 5.56. The fourth-order valence-corrected chi connectivity index (χ4v) is 3.21. The molecule has 3 nitrogen and oxygen atoms in total. The van der Waals surface area contributed by atoms with Gasteiger partial charge in [0.25, 0.3) is 0 Å². The van der Waals surface area contributed by atoms with E-state index in [1.807, 2.05) is 6.07 Å². The summed E-state index contributed by atoms with van der Waals surface area (Å²) in [6.07, 6.45) is 4.80. The van der Waals surface area contributed by atoms with Crippen molar-refractivity contribution in [3.05, 3.63) is 35.4 Å². The van der Waals surface area contributed by atoms with Gasteiger partial charge in [-0.1, -0.05) is 36.5 Å². The zero-order chi connectivity index (χ0) is 13.5. The van der Waals surface area contributed by atoms with Gasteiger partial charge in [-0.05, 0) is 43.2 Å². The van der Waals surface area contributed by atoms with Crippen LogP contribution in [-0.2, 0) is 11.2 Å². The fraction of sp³-hybridized carbons (Fsp3) is 0.467. The van der Waals surface area contributed by atoms with Crippen molar-refractivity contribution in [2.24, 2.45) is 11.1 Å². The van der Waals surface area contributed by atoms with Gasteiger partial charge in [-0.25, -0.2) is 0 Å². The summed E-state index contributed by atoms with van der Waals surface area (Å²) in [5.41, 5.74) is 7.75. The van der Waals surface area contributed by atoms with Crippen molar-refractivity contribution in [1.82, 2.24) is 5.32 Å². The molecule has 0 saturated heterocycles. The summed E-state index contributed by atoms with van der Waals surface area (Å²) in [6, 6.07) is 8.46. The summed E-state index contributed by atoms with van der Waals surface area (Å²) >= 11 is 5.03. The molecule has 0 aliphatic heterocycles. The Balaban J connectivity index is 1.78. The predicted molar refractivity (Wildman–Crippen MR) is 78.7 cm³/mol. The first-order valence-electron chi connectivity index (χ1n) is 6.82. The van der Waals surface area contributed by atoms with Crippen LogP contribution in [0.15, 0.2) is 24.3 Å². The number of carbonyl (C=O) groups is 1. The molecular weight excluding hydrogens is 256 g/mol. The van der Waals surface area contributed by atoms with Crippen LogP contribution in [0.1, 0.15) is 42.9 Å². The lowest BCUT2D eigenvalue weighted by molar-refractivity contribution is -0.124. The Labute approximate surface area is 118 Å². The van der Waals surface area contributed by atoms with Gasteiger partial charge in [-0.2, -0.15) is 0 Å². The number of carbonyl (C=O) groups excluding carboxylic acids is 1. The molecule has 2 aliphatic carbocycles. The first kappa shape index (κ1) is 12.6. The van der Waals surface area contributed by atoms with Gasteiger partial charge < -0.3 is 11.1 Å². The lowest BCUT2D eigenvalue weighted by Crippen LogP contribution is -2.42. The van der Waals surface area contributed by atoms with E-state index >= 15 is 0 Å². The topological polar surface area (TPSA) is 55.1 Å². The van der Waals surface area contributed by atoms with Gasteiger partial charge in [0.2, 0.25) is 5.91 Å². The van der Waals surface area contributed by atoms with Gasteiger partial charge in [0.1, 0.15) is 0 Å². The maximum atomic E-state index is 12.4. The summed E-state index contributed by atoms with van der Waals surface area (Å²) in [5, 5.41) is 3.15. The van der Waals surface area contributed by atoms with E-state index in [1.54, 1.807) is 0 Å². The monoisotopic (exact) mass is 274 g/mol. The van der Waals surface area contributed by atoms with Crippen molar-refractivity contribution in [3.63, 3.8) is 0 Å². The molecule has 19 heavy (non-hydrogen) atoms. The summed E-state index contributed by atoms with van der Waals surface area (Å²) in [7, 11) is 0. The van der Waals surface area contributed by atoms with Gasteiger partial charge in [-0.15, -0.1) is 0 Å².